The summed E-state index contributed by atoms with van der Waals surface area (Å²) in [5.41, 5.74) is 4.30. The quantitative estimate of drug-likeness (QED) is 0.604. The Bertz CT molecular complexity index is 1120. The SMILES string of the molecule is Cc1ccccc1-c1cc(NC(=O)C2(c3ccc4c(c3)OCO4)CC2)ccc1Cl. The Kier molecular flexibility index (Phi) is 4.25. The van der Waals surface area contributed by atoms with Gasteiger partial charge in [0.2, 0.25) is 12.7 Å². The number of amides is 1. The normalized spacial score (nSPS) is 15.8. The zero-order chi connectivity index (χ0) is 20.0. The van der Waals surface area contributed by atoms with Gasteiger partial charge in [0, 0.05) is 16.3 Å². The lowest BCUT2D eigenvalue weighted by atomic mass is 9.94. The molecule has 1 aliphatic carbocycles. The van der Waals surface area contributed by atoms with Crippen molar-refractivity contribution in [2.24, 2.45) is 0 Å². The maximum absolute atomic E-state index is 13.2. The van der Waals surface area contributed by atoms with Gasteiger partial charge >= 0.3 is 0 Å². The summed E-state index contributed by atoms with van der Waals surface area (Å²) in [5, 5.41) is 3.76. The molecule has 5 rings (SSSR count). The summed E-state index contributed by atoms with van der Waals surface area (Å²) in [4.78, 5) is 13.2. The molecular formula is C24H20ClNO3. The van der Waals surface area contributed by atoms with E-state index in [2.05, 4.69) is 18.3 Å². The molecule has 1 fully saturated rings. The lowest BCUT2D eigenvalue weighted by Crippen LogP contribution is -2.27. The Labute approximate surface area is 174 Å². The Morgan fingerprint density at radius 1 is 0.966 bits per heavy atom. The molecule has 0 bridgehead atoms. The van der Waals surface area contributed by atoms with E-state index < -0.39 is 5.41 Å². The van der Waals surface area contributed by atoms with Gasteiger partial charge in [-0.3, -0.25) is 4.79 Å². The number of benzene rings is 3. The zero-order valence-corrected chi connectivity index (χ0v) is 16.8. The van der Waals surface area contributed by atoms with Crippen molar-refractivity contribution in [1.29, 1.82) is 0 Å². The highest BCUT2D eigenvalue weighted by atomic mass is 35.5. The van der Waals surface area contributed by atoms with E-state index in [0.717, 1.165) is 46.5 Å². The van der Waals surface area contributed by atoms with Crippen LogP contribution in [0.1, 0.15) is 24.0 Å². The van der Waals surface area contributed by atoms with Gasteiger partial charge in [-0.05, 0) is 66.8 Å². The third-order valence-corrected chi connectivity index (χ3v) is 6.10. The lowest BCUT2D eigenvalue weighted by Gasteiger charge is -2.17. The number of ether oxygens (including phenoxy) is 2. The van der Waals surface area contributed by atoms with E-state index in [1.807, 2.05) is 54.6 Å². The monoisotopic (exact) mass is 405 g/mol. The molecule has 1 N–H and O–H groups in total. The fraction of sp³-hybridized carbons (Fsp3) is 0.208. The van der Waals surface area contributed by atoms with E-state index in [-0.39, 0.29) is 12.7 Å². The second kappa shape index (κ2) is 6.82. The van der Waals surface area contributed by atoms with Crippen LogP contribution in [-0.4, -0.2) is 12.7 Å². The fourth-order valence-corrected chi connectivity index (χ4v) is 4.12. The third kappa shape index (κ3) is 3.14. The Morgan fingerprint density at radius 2 is 1.76 bits per heavy atom. The molecule has 1 heterocycles. The van der Waals surface area contributed by atoms with Crippen LogP contribution in [0.4, 0.5) is 5.69 Å². The van der Waals surface area contributed by atoms with Crippen LogP contribution in [0.5, 0.6) is 11.5 Å². The molecule has 2 aliphatic rings. The predicted molar refractivity (Wildman–Crippen MR) is 114 cm³/mol. The molecule has 0 saturated heterocycles. The average molecular weight is 406 g/mol. The van der Waals surface area contributed by atoms with Crippen molar-refractivity contribution < 1.29 is 14.3 Å². The summed E-state index contributed by atoms with van der Waals surface area (Å²) >= 11 is 6.45. The van der Waals surface area contributed by atoms with Gasteiger partial charge in [0.05, 0.1) is 5.41 Å². The first-order chi connectivity index (χ1) is 14.1. The molecule has 0 aromatic heterocycles. The molecule has 1 amide bonds. The first-order valence-corrected chi connectivity index (χ1v) is 10.0. The van der Waals surface area contributed by atoms with E-state index in [4.69, 9.17) is 21.1 Å². The van der Waals surface area contributed by atoms with Gasteiger partial charge in [-0.1, -0.05) is 41.9 Å². The van der Waals surface area contributed by atoms with Gasteiger partial charge < -0.3 is 14.8 Å². The second-order valence-corrected chi connectivity index (χ2v) is 8.02. The van der Waals surface area contributed by atoms with E-state index in [1.54, 1.807) is 0 Å². The van der Waals surface area contributed by atoms with E-state index >= 15 is 0 Å². The van der Waals surface area contributed by atoms with Gasteiger partial charge in [-0.2, -0.15) is 0 Å². The topological polar surface area (TPSA) is 47.6 Å². The van der Waals surface area contributed by atoms with Gasteiger partial charge in [0.15, 0.2) is 11.5 Å². The minimum Gasteiger partial charge on any atom is -0.454 e. The first kappa shape index (κ1) is 18.1. The highest BCUT2D eigenvalue weighted by Gasteiger charge is 2.51. The van der Waals surface area contributed by atoms with Crippen LogP contribution in [-0.2, 0) is 10.2 Å². The summed E-state index contributed by atoms with van der Waals surface area (Å²) in [6.45, 7) is 2.28. The molecule has 0 unspecified atom stereocenters. The molecule has 0 atom stereocenters. The number of aryl methyl sites for hydroxylation is 1. The van der Waals surface area contributed by atoms with Crippen molar-refractivity contribution >= 4 is 23.2 Å². The van der Waals surface area contributed by atoms with Gasteiger partial charge in [-0.25, -0.2) is 0 Å². The van der Waals surface area contributed by atoms with E-state index in [1.165, 1.54) is 0 Å². The van der Waals surface area contributed by atoms with Gasteiger partial charge in [0.25, 0.3) is 0 Å². The molecule has 5 heteroatoms. The van der Waals surface area contributed by atoms with Crippen LogP contribution in [0.3, 0.4) is 0 Å². The van der Waals surface area contributed by atoms with E-state index in [9.17, 15) is 4.79 Å². The molecule has 3 aromatic rings. The summed E-state index contributed by atoms with van der Waals surface area (Å²) in [5.74, 6) is 1.43. The Balaban J connectivity index is 1.43. The summed E-state index contributed by atoms with van der Waals surface area (Å²) in [6, 6.07) is 19.5. The molecule has 1 aliphatic heterocycles. The van der Waals surface area contributed by atoms with Crippen LogP contribution >= 0.6 is 11.6 Å². The molecular weight excluding hydrogens is 386 g/mol. The summed E-state index contributed by atoms with van der Waals surface area (Å²) in [7, 11) is 0. The van der Waals surface area contributed by atoms with Crippen LogP contribution < -0.4 is 14.8 Å². The highest BCUT2D eigenvalue weighted by molar-refractivity contribution is 6.33. The van der Waals surface area contributed by atoms with Gasteiger partial charge in [-0.15, -0.1) is 0 Å². The van der Waals surface area contributed by atoms with Gasteiger partial charge in [0.1, 0.15) is 0 Å². The molecule has 0 radical (unpaired) electrons. The summed E-state index contributed by atoms with van der Waals surface area (Å²) in [6.07, 6.45) is 1.63. The second-order valence-electron chi connectivity index (χ2n) is 7.61. The predicted octanol–water partition coefficient (Wildman–Crippen LogP) is 5.71. The third-order valence-electron chi connectivity index (χ3n) is 5.77. The fourth-order valence-electron chi connectivity index (χ4n) is 3.90. The maximum atomic E-state index is 13.2. The standard InChI is InChI=1S/C24H20ClNO3/c1-15-4-2-3-5-18(15)19-13-17(7-8-20(19)25)26-23(27)24(10-11-24)16-6-9-21-22(12-16)29-14-28-21/h2-9,12-13H,10-11,14H2,1H3,(H,26,27). The summed E-state index contributed by atoms with van der Waals surface area (Å²) < 4.78 is 10.9. The number of fused-ring (bicyclic) bond motifs is 1. The minimum absolute atomic E-state index is 0.00517. The van der Waals surface area contributed by atoms with Crippen molar-refractivity contribution in [3.63, 3.8) is 0 Å². The van der Waals surface area contributed by atoms with Crippen molar-refractivity contribution in [3.8, 4) is 22.6 Å². The van der Waals surface area contributed by atoms with Crippen molar-refractivity contribution in [2.45, 2.75) is 25.2 Å². The molecule has 4 nitrogen and oxygen atoms in total. The zero-order valence-electron chi connectivity index (χ0n) is 16.0. The number of hydrogen-bond acceptors (Lipinski definition) is 3. The Hall–Kier alpha value is -2.98. The number of carbonyl (C=O) groups excluding carboxylic acids is 1. The van der Waals surface area contributed by atoms with Crippen molar-refractivity contribution in [3.05, 3.63) is 76.8 Å². The van der Waals surface area contributed by atoms with Crippen LogP contribution in [0.25, 0.3) is 11.1 Å². The number of halogens is 1. The number of carbonyl (C=O) groups is 1. The Morgan fingerprint density at radius 3 is 2.55 bits per heavy atom. The number of anilines is 1. The highest BCUT2D eigenvalue weighted by Crippen LogP contribution is 2.51. The van der Waals surface area contributed by atoms with Crippen molar-refractivity contribution in [2.75, 3.05) is 12.1 Å². The molecule has 0 spiro atoms. The maximum Gasteiger partial charge on any atom is 0.235 e. The van der Waals surface area contributed by atoms with Crippen LogP contribution in [0, 0.1) is 6.92 Å². The average Bonchev–Trinajstić information content (AvgIpc) is 3.41. The van der Waals surface area contributed by atoms with Crippen LogP contribution in [0.15, 0.2) is 60.7 Å². The van der Waals surface area contributed by atoms with E-state index in [0.29, 0.717) is 10.8 Å². The molecule has 29 heavy (non-hydrogen) atoms. The number of nitrogens with one attached hydrogen (secondary N) is 1. The number of hydrogen-bond donors (Lipinski definition) is 1. The lowest BCUT2D eigenvalue weighted by molar-refractivity contribution is -0.118. The number of rotatable bonds is 4. The largest absolute Gasteiger partial charge is 0.454 e. The van der Waals surface area contributed by atoms with Crippen LogP contribution in [0.2, 0.25) is 5.02 Å². The smallest absolute Gasteiger partial charge is 0.235 e. The molecule has 146 valence electrons. The van der Waals surface area contributed by atoms with Crippen molar-refractivity contribution in [1.82, 2.24) is 0 Å². The minimum atomic E-state index is -0.510. The first-order valence-electron chi connectivity index (χ1n) is 9.64. The molecule has 1 saturated carbocycles. The molecule has 3 aromatic carbocycles.